The molecule has 0 spiro atoms. The van der Waals surface area contributed by atoms with Gasteiger partial charge in [0.15, 0.2) is 9.84 Å². The Kier molecular flexibility index (Phi) is 6.40. The van der Waals surface area contributed by atoms with E-state index in [4.69, 9.17) is 10.5 Å². The van der Waals surface area contributed by atoms with Crippen LogP contribution in [0.2, 0.25) is 0 Å². The maximum atomic E-state index is 11.9. The molecule has 0 radical (unpaired) electrons. The topological polar surface area (TPSA) is 69.4 Å². The molecule has 0 aromatic heterocycles. The maximum absolute atomic E-state index is 11.9. The quantitative estimate of drug-likeness (QED) is 0.711. The SMILES string of the molecule is CCOC(CN)CS(=O)(=O)C(C)C(C)C. The third-order valence-corrected chi connectivity index (χ3v) is 5.10. The number of nitrogens with two attached hydrogens (primary N) is 1. The molecule has 5 heteroatoms. The lowest BCUT2D eigenvalue weighted by atomic mass is 10.2. The standard InChI is InChI=1S/C10H23NO3S/c1-5-14-10(6-11)7-15(12,13)9(4)8(2)3/h8-10H,5-7,11H2,1-4H3. The predicted octanol–water partition coefficient (Wildman–Crippen LogP) is 0.809. The number of ether oxygens (including phenoxy) is 1. The summed E-state index contributed by atoms with van der Waals surface area (Å²) < 4.78 is 29.0. The normalized spacial score (nSPS) is 16.7. The molecule has 0 saturated heterocycles. The molecule has 0 saturated carbocycles. The molecule has 0 aliphatic carbocycles. The van der Waals surface area contributed by atoms with Crippen LogP contribution < -0.4 is 5.73 Å². The second kappa shape index (κ2) is 6.45. The van der Waals surface area contributed by atoms with E-state index in [9.17, 15) is 8.42 Å². The van der Waals surface area contributed by atoms with Gasteiger partial charge in [-0.15, -0.1) is 0 Å². The van der Waals surface area contributed by atoms with E-state index < -0.39 is 9.84 Å². The van der Waals surface area contributed by atoms with Gasteiger partial charge in [-0.1, -0.05) is 13.8 Å². The number of hydrogen-bond acceptors (Lipinski definition) is 4. The summed E-state index contributed by atoms with van der Waals surface area (Å²) in [6.07, 6.45) is -0.374. The molecule has 2 unspecified atom stereocenters. The van der Waals surface area contributed by atoms with Gasteiger partial charge in [-0.2, -0.15) is 0 Å². The van der Waals surface area contributed by atoms with E-state index in [-0.39, 0.29) is 29.6 Å². The number of sulfone groups is 1. The van der Waals surface area contributed by atoms with Crippen molar-refractivity contribution in [3.63, 3.8) is 0 Å². The van der Waals surface area contributed by atoms with Crippen LogP contribution in [0.1, 0.15) is 27.7 Å². The van der Waals surface area contributed by atoms with E-state index in [2.05, 4.69) is 0 Å². The van der Waals surface area contributed by atoms with Crippen molar-refractivity contribution >= 4 is 9.84 Å². The van der Waals surface area contributed by atoms with Crippen molar-refractivity contribution in [1.82, 2.24) is 0 Å². The fraction of sp³-hybridized carbons (Fsp3) is 1.00. The highest BCUT2D eigenvalue weighted by molar-refractivity contribution is 7.92. The Morgan fingerprint density at radius 2 is 1.80 bits per heavy atom. The summed E-state index contributed by atoms with van der Waals surface area (Å²) in [6.45, 7) is 8.12. The Morgan fingerprint density at radius 3 is 2.13 bits per heavy atom. The van der Waals surface area contributed by atoms with Crippen LogP contribution in [0, 0.1) is 5.92 Å². The van der Waals surface area contributed by atoms with Crippen LogP contribution in [0.15, 0.2) is 0 Å². The summed E-state index contributed by atoms with van der Waals surface area (Å²) in [5.74, 6) is 0.145. The van der Waals surface area contributed by atoms with Gasteiger partial charge in [-0.3, -0.25) is 0 Å². The van der Waals surface area contributed by atoms with Gasteiger partial charge in [0, 0.05) is 13.2 Å². The molecule has 0 heterocycles. The zero-order chi connectivity index (χ0) is 12.1. The minimum Gasteiger partial charge on any atom is -0.376 e. The average molecular weight is 237 g/mol. The van der Waals surface area contributed by atoms with Crippen LogP contribution in [-0.2, 0) is 14.6 Å². The highest BCUT2D eigenvalue weighted by Crippen LogP contribution is 2.14. The van der Waals surface area contributed by atoms with Gasteiger partial charge in [0.1, 0.15) is 0 Å². The molecule has 0 rings (SSSR count). The van der Waals surface area contributed by atoms with Gasteiger partial charge >= 0.3 is 0 Å². The van der Waals surface area contributed by atoms with E-state index in [1.807, 2.05) is 20.8 Å². The molecule has 4 nitrogen and oxygen atoms in total. The Balaban J connectivity index is 4.48. The minimum absolute atomic E-state index is 0.0245. The molecule has 2 atom stereocenters. The zero-order valence-corrected chi connectivity index (χ0v) is 10.9. The molecule has 0 aliphatic rings. The largest absolute Gasteiger partial charge is 0.376 e. The van der Waals surface area contributed by atoms with Gasteiger partial charge in [-0.05, 0) is 19.8 Å². The summed E-state index contributed by atoms with van der Waals surface area (Å²) in [4.78, 5) is 0. The Hall–Kier alpha value is -0.130. The second-order valence-electron chi connectivity index (χ2n) is 4.09. The van der Waals surface area contributed by atoms with Gasteiger partial charge in [-0.25, -0.2) is 8.42 Å². The molecule has 2 N–H and O–H groups in total. The number of hydrogen-bond donors (Lipinski definition) is 1. The molecule has 0 fully saturated rings. The molecule has 0 aliphatic heterocycles. The van der Waals surface area contributed by atoms with Crippen molar-refractivity contribution in [2.24, 2.45) is 11.7 Å². The lowest BCUT2D eigenvalue weighted by Gasteiger charge is -2.20. The van der Waals surface area contributed by atoms with E-state index in [1.165, 1.54) is 0 Å². The second-order valence-corrected chi connectivity index (χ2v) is 6.49. The first-order valence-electron chi connectivity index (χ1n) is 5.38. The summed E-state index contributed by atoms with van der Waals surface area (Å²) in [5.41, 5.74) is 5.45. The molecule has 0 bridgehead atoms. The number of rotatable bonds is 7. The zero-order valence-electron chi connectivity index (χ0n) is 10.1. The third-order valence-electron chi connectivity index (χ3n) is 2.59. The average Bonchev–Trinajstić information content (AvgIpc) is 2.15. The predicted molar refractivity (Wildman–Crippen MR) is 62.6 cm³/mol. The van der Waals surface area contributed by atoms with Crippen LogP contribution in [0.25, 0.3) is 0 Å². The van der Waals surface area contributed by atoms with Crippen LogP contribution >= 0.6 is 0 Å². The van der Waals surface area contributed by atoms with Crippen molar-refractivity contribution < 1.29 is 13.2 Å². The van der Waals surface area contributed by atoms with Gasteiger partial charge in [0.25, 0.3) is 0 Å². The van der Waals surface area contributed by atoms with E-state index >= 15 is 0 Å². The highest BCUT2D eigenvalue weighted by atomic mass is 32.2. The van der Waals surface area contributed by atoms with Gasteiger partial charge in [0.05, 0.1) is 17.1 Å². The van der Waals surface area contributed by atoms with Crippen molar-refractivity contribution in [3.05, 3.63) is 0 Å². The van der Waals surface area contributed by atoms with E-state index in [0.717, 1.165) is 0 Å². The Bertz CT molecular complexity index is 262. The molecule has 0 aromatic rings. The van der Waals surface area contributed by atoms with Crippen molar-refractivity contribution in [2.45, 2.75) is 39.0 Å². The van der Waals surface area contributed by atoms with Crippen LogP contribution in [-0.4, -0.2) is 38.7 Å². The van der Waals surface area contributed by atoms with Gasteiger partial charge in [0.2, 0.25) is 0 Å². The summed E-state index contributed by atoms with van der Waals surface area (Å²) in [7, 11) is -3.10. The van der Waals surface area contributed by atoms with Crippen LogP contribution in [0.4, 0.5) is 0 Å². The van der Waals surface area contributed by atoms with Crippen LogP contribution in [0.3, 0.4) is 0 Å². The Morgan fingerprint density at radius 1 is 1.27 bits per heavy atom. The summed E-state index contributed by atoms with van der Waals surface area (Å²) in [5, 5.41) is -0.341. The smallest absolute Gasteiger partial charge is 0.155 e. The van der Waals surface area contributed by atoms with Crippen molar-refractivity contribution in [1.29, 1.82) is 0 Å². The van der Waals surface area contributed by atoms with Gasteiger partial charge < -0.3 is 10.5 Å². The lowest BCUT2D eigenvalue weighted by molar-refractivity contribution is 0.0844. The lowest BCUT2D eigenvalue weighted by Crippen LogP contribution is -2.36. The molecule has 0 amide bonds. The summed E-state index contributed by atoms with van der Waals surface area (Å²) >= 11 is 0. The van der Waals surface area contributed by atoms with Crippen LogP contribution in [0.5, 0.6) is 0 Å². The first-order chi connectivity index (χ1) is 6.85. The fourth-order valence-corrected chi connectivity index (χ4v) is 3.13. The minimum atomic E-state index is -3.10. The highest BCUT2D eigenvalue weighted by Gasteiger charge is 2.27. The first kappa shape index (κ1) is 14.9. The molecule has 92 valence electrons. The Labute approximate surface area is 93.1 Å². The van der Waals surface area contributed by atoms with Crippen molar-refractivity contribution in [2.75, 3.05) is 18.9 Å². The fourth-order valence-electron chi connectivity index (χ4n) is 1.25. The van der Waals surface area contributed by atoms with E-state index in [0.29, 0.717) is 6.61 Å². The molecular formula is C10H23NO3S. The van der Waals surface area contributed by atoms with E-state index in [1.54, 1.807) is 6.92 Å². The maximum Gasteiger partial charge on any atom is 0.155 e. The molecular weight excluding hydrogens is 214 g/mol. The molecule has 0 aromatic carbocycles. The monoisotopic (exact) mass is 237 g/mol. The first-order valence-corrected chi connectivity index (χ1v) is 7.09. The summed E-state index contributed by atoms with van der Waals surface area (Å²) in [6, 6.07) is 0. The molecule has 15 heavy (non-hydrogen) atoms. The van der Waals surface area contributed by atoms with Crippen molar-refractivity contribution in [3.8, 4) is 0 Å². The third kappa shape index (κ3) is 4.95.